The van der Waals surface area contributed by atoms with Gasteiger partial charge in [-0.15, -0.1) is 0 Å². The van der Waals surface area contributed by atoms with Crippen LogP contribution in [0.5, 0.6) is 5.75 Å². The molecule has 0 radical (unpaired) electrons. The number of ether oxygens (including phenoxy) is 2. The number of amides is 2. The Kier molecular flexibility index (Phi) is 14.6. The van der Waals surface area contributed by atoms with Gasteiger partial charge in [-0.2, -0.15) is 10.5 Å². The summed E-state index contributed by atoms with van der Waals surface area (Å²) in [4.78, 5) is 43.0. The Morgan fingerprint density at radius 2 is 1.38 bits per heavy atom. The van der Waals surface area contributed by atoms with Crippen LogP contribution < -0.4 is 15.4 Å². The number of pyridine rings is 3. The first-order valence-electron chi connectivity index (χ1n) is 22.0. The number of benzene rings is 4. The van der Waals surface area contributed by atoms with Gasteiger partial charge in [-0.25, -0.2) is 15.0 Å². The van der Waals surface area contributed by atoms with E-state index in [0.717, 1.165) is 83.6 Å². The minimum absolute atomic E-state index is 0.0351. The Hall–Kier alpha value is -8.03. The van der Waals surface area contributed by atoms with Crippen LogP contribution >= 0.6 is 0 Å². The lowest BCUT2D eigenvalue weighted by molar-refractivity contribution is -0.118. The number of nitrogens with one attached hydrogen (secondary N) is 2. The number of carbonyl (C=O) groups is 2. The SMILES string of the molecule is CCCC(NC(=O)/C(C#N)=C/c1ccc2cc(-c3ccc(C(NC(=O)/C(C#N)=C/c4ccc5cccnc5n4)c4ccccc4)cc3)ccc2n1)c1ccc(OCCN2CCOCC2)cc1. The number of aromatic nitrogens is 3. The summed E-state index contributed by atoms with van der Waals surface area (Å²) >= 11 is 0. The molecule has 3 aromatic heterocycles. The second kappa shape index (κ2) is 21.6. The number of carbonyl (C=O) groups excluding carboxylic acids is 2. The Balaban J connectivity index is 0.934. The lowest BCUT2D eigenvalue weighted by atomic mass is 9.95. The van der Waals surface area contributed by atoms with Crippen molar-refractivity contribution in [3.63, 3.8) is 0 Å². The van der Waals surface area contributed by atoms with Gasteiger partial charge in [-0.1, -0.05) is 92.2 Å². The van der Waals surface area contributed by atoms with Crippen molar-refractivity contribution in [1.82, 2.24) is 30.5 Å². The van der Waals surface area contributed by atoms with Crippen molar-refractivity contribution < 1.29 is 19.1 Å². The number of hydrogen-bond donors (Lipinski definition) is 2. The number of fused-ring (bicyclic) bond motifs is 2. The van der Waals surface area contributed by atoms with Gasteiger partial charge in [0.15, 0.2) is 5.65 Å². The third kappa shape index (κ3) is 11.2. The van der Waals surface area contributed by atoms with Gasteiger partial charge in [0.25, 0.3) is 11.8 Å². The standard InChI is InChI=1S/C54H48N8O4/c1-2-7-49(38-17-22-48(23-18-38)66-31-28-62-26-29-65-30-27-62)60-53(63)44(35-55)33-46-21-16-43-32-42(19-24-50(43)58-46)37-11-13-40(14-12-37)51(39-8-4-3-5-9-39)61-54(64)45(36-56)34-47-20-15-41-10-6-25-57-52(41)59-47/h3-6,8-25,32-34,49,51H,2,7,26-31H2,1H3,(H,60,63)(H,61,64)/b44-33+,45-34+. The molecule has 8 rings (SSSR count). The number of nitriles is 2. The molecule has 2 atom stereocenters. The monoisotopic (exact) mass is 872 g/mol. The van der Waals surface area contributed by atoms with Crippen molar-refractivity contribution in [2.75, 3.05) is 39.5 Å². The molecule has 1 fully saturated rings. The van der Waals surface area contributed by atoms with E-state index in [0.29, 0.717) is 35.6 Å². The fourth-order valence-corrected chi connectivity index (χ4v) is 7.88. The van der Waals surface area contributed by atoms with Gasteiger partial charge in [0.05, 0.1) is 42.2 Å². The largest absolute Gasteiger partial charge is 0.492 e. The van der Waals surface area contributed by atoms with E-state index in [1.807, 2.05) is 127 Å². The first-order chi connectivity index (χ1) is 32.4. The molecule has 0 spiro atoms. The second-order valence-corrected chi connectivity index (χ2v) is 15.9. The summed E-state index contributed by atoms with van der Waals surface area (Å²) in [6.07, 6.45) is 6.18. The zero-order valence-electron chi connectivity index (χ0n) is 36.6. The van der Waals surface area contributed by atoms with E-state index < -0.39 is 17.9 Å². The molecule has 1 aliphatic rings. The topological polar surface area (TPSA) is 166 Å². The van der Waals surface area contributed by atoms with Crippen LogP contribution in [0.2, 0.25) is 0 Å². The van der Waals surface area contributed by atoms with Crippen LogP contribution in [0.3, 0.4) is 0 Å². The predicted molar refractivity (Wildman–Crippen MR) is 255 cm³/mol. The third-order valence-corrected chi connectivity index (χ3v) is 11.4. The van der Waals surface area contributed by atoms with E-state index in [4.69, 9.17) is 14.5 Å². The normalized spacial score (nSPS) is 14.2. The van der Waals surface area contributed by atoms with Crippen molar-refractivity contribution in [3.05, 3.63) is 179 Å². The molecular weight excluding hydrogens is 825 g/mol. The van der Waals surface area contributed by atoms with Gasteiger partial charge in [-0.3, -0.25) is 14.5 Å². The average molecular weight is 873 g/mol. The zero-order chi connectivity index (χ0) is 45.7. The summed E-state index contributed by atoms with van der Waals surface area (Å²) in [5.41, 5.74) is 6.60. The van der Waals surface area contributed by atoms with Crippen molar-refractivity contribution in [3.8, 4) is 29.0 Å². The summed E-state index contributed by atoms with van der Waals surface area (Å²) in [7, 11) is 0. The lowest BCUT2D eigenvalue weighted by Gasteiger charge is -2.26. The molecule has 66 heavy (non-hydrogen) atoms. The summed E-state index contributed by atoms with van der Waals surface area (Å²) in [6, 6.07) is 45.6. The molecule has 1 aliphatic heterocycles. The van der Waals surface area contributed by atoms with E-state index in [2.05, 4.69) is 38.5 Å². The minimum atomic E-state index is -0.538. The summed E-state index contributed by atoms with van der Waals surface area (Å²) in [6.45, 7) is 6.81. The van der Waals surface area contributed by atoms with E-state index >= 15 is 0 Å². The van der Waals surface area contributed by atoms with E-state index in [1.165, 1.54) is 12.2 Å². The number of morpholine rings is 1. The third-order valence-electron chi connectivity index (χ3n) is 11.4. The molecule has 2 amide bonds. The lowest BCUT2D eigenvalue weighted by Crippen LogP contribution is -2.38. The average Bonchev–Trinajstić information content (AvgIpc) is 3.37. The van der Waals surface area contributed by atoms with Crippen molar-refractivity contribution >= 4 is 45.9 Å². The zero-order valence-corrected chi connectivity index (χ0v) is 36.6. The Morgan fingerprint density at radius 1 is 0.727 bits per heavy atom. The first kappa shape index (κ1) is 44.6. The predicted octanol–water partition coefficient (Wildman–Crippen LogP) is 8.93. The van der Waals surface area contributed by atoms with Gasteiger partial charge in [-0.05, 0) is 101 Å². The second-order valence-electron chi connectivity index (χ2n) is 15.9. The Labute approximate surface area is 383 Å². The fourth-order valence-electron chi connectivity index (χ4n) is 7.88. The van der Waals surface area contributed by atoms with E-state index in [1.54, 1.807) is 18.3 Å². The van der Waals surface area contributed by atoms with Crippen LogP contribution in [-0.4, -0.2) is 71.1 Å². The fraction of sp³-hybridized carbons (Fsp3) is 0.204. The van der Waals surface area contributed by atoms with Crippen LogP contribution in [0.25, 0.3) is 45.2 Å². The van der Waals surface area contributed by atoms with Crippen LogP contribution in [0, 0.1) is 22.7 Å². The molecule has 1 saturated heterocycles. The summed E-state index contributed by atoms with van der Waals surface area (Å²) in [5.74, 6) is -0.223. The molecule has 328 valence electrons. The van der Waals surface area contributed by atoms with Crippen LogP contribution in [0.15, 0.2) is 151 Å². The van der Waals surface area contributed by atoms with Crippen LogP contribution in [-0.2, 0) is 14.3 Å². The van der Waals surface area contributed by atoms with Gasteiger partial charge in [0.2, 0.25) is 0 Å². The van der Waals surface area contributed by atoms with Crippen molar-refractivity contribution in [1.29, 1.82) is 10.5 Å². The van der Waals surface area contributed by atoms with Crippen LogP contribution in [0.4, 0.5) is 0 Å². The van der Waals surface area contributed by atoms with Gasteiger partial charge in [0.1, 0.15) is 35.6 Å². The Morgan fingerprint density at radius 3 is 2.09 bits per heavy atom. The molecule has 12 nitrogen and oxygen atoms in total. The molecule has 0 bridgehead atoms. The van der Waals surface area contributed by atoms with Crippen molar-refractivity contribution in [2.24, 2.45) is 0 Å². The van der Waals surface area contributed by atoms with Gasteiger partial charge in [0, 0.05) is 36.6 Å². The molecule has 2 unspecified atom stereocenters. The molecule has 12 heteroatoms. The maximum absolute atomic E-state index is 13.6. The smallest absolute Gasteiger partial charge is 0.262 e. The van der Waals surface area contributed by atoms with Gasteiger partial charge >= 0.3 is 0 Å². The highest BCUT2D eigenvalue weighted by Crippen LogP contribution is 2.29. The van der Waals surface area contributed by atoms with E-state index in [9.17, 15) is 20.1 Å². The van der Waals surface area contributed by atoms with Crippen LogP contribution in [0.1, 0.15) is 59.9 Å². The highest BCUT2D eigenvalue weighted by molar-refractivity contribution is 6.02. The maximum atomic E-state index is 13.6. The summed E-state index contributed by atoms with van der Waals surface area (Å²) in [5, 5.41) is 28.0. The van der Waals surface area contributed by atoms with Gasteiger partial charge < -0.3 is 20.1 Å². The van der Waals surface area contributed by atoms with E-state index in [-0.39, 0.29) is 17.2 Å². The highest BCUT2D eigenvalue weighted by Gasteiger charge is 2.21. The minimum Gasteiger partial charge on any atom is -0.492 e. The maximum Gasteiger partial charge on any atom is 0.262 e. The molecular formula is C54H48N8O4. The number of nitrogens with zero attached hydrogens (tertiary/aromatic N) is 6. The molecule has 0 aliphatic carbocycles. The molecule has 4 heterocycles. The Bertz CT molecular complexity index is 2970. The molecule has 2 N–H and O–H groups in total. The molecule has 7 aromatic rings. The first-order valence-corrected chi connectivity index (χ1v) is 22.0. The highest BCUT2D eigenvalue weighted by atomic mass is 16.5. The molecule has 0 saturated carbocycles. The number of hydrogen-bond acceptors (Lipinski definition) is 10. The molecule has 4 aromatic carbocycles. The number of rotatable bonds is 16. The van der Waals surface area contributed by atoms with Crippen molar-refractivity contribution in [2.45, 2.75) is 31.8 Å². The summed E-state index contributed by atoms with van der Waals surface area (Å²) < 4.78 is 11.4. The quantitative estimate of drug-likeness (QED) is 0.0707.